The van der Waals surface area contributed by atoms with Gasteiger partial charge in [-0.25, -0.2) is 4.98 Å². The fourth-order valence-corrected chi connectivity index (χ4v) is 3.20. The highest BCUT2D eigenvalue weighted by Crippen LogP contribution is 2.23. The Balaban J connectivity index is 1.69. The zero-order chi connectivity index (χ0) is 16.4. The highest BCUT2D eigenvalue weighted by molar-refractivity contribution is 5.54. The van der Waals surface area contributed by atoms with E-state index in [2.05, 4.69) is 44.6 Å². The molecule has 0 aliphatic carbocycles. The first-order valence-corrected chi connectivity index (χ1v) is 8.40. The van der Waals surface area contributed by atoms with Gasteiger partial charge in [-0.3, -0.25) is 0 Å². The van der Waals surface area contributed by atoms with Crippen molar-refractivity contribution in [2.24, 2.45) is 0 Å². The first-order chi connectivity index (χ1) is 11.8. The Hall–Kier alpha value is -2.47. The molecule has 1 aromatic carbocycles. The van der Waals surface area contributed by atoms with E-state index in [1.165, 1.54) is 5.56 Å². The predicted molar refractivity (Wildman–Crippen MR) is 92.2 cm³/mol. The van der Waals surface area contributed by atoms with Gasteiger partial charge in [0.15, 0.2) is 0 Å². The highest BCUT2D eigenvalue weighted by Gasteiger charge is 2.19. The fourth-order valence-electron chi connectivity index (χ4n) is 3.20. The van der Waals surface area contributed by atoms with E-state index in [1.54, 1.807) is 10.8 Å². The minimum absolute atomic E-state index is 0.265. The molecule has 3 aromatic rings. The number of ether oxygens (including phenoxy) is 1. The summed E-state index contributed by atoms with van der Waals surface area (Å²) in [5.74, 6) is 1.59. The lowest BCUT2D eigenvalue weighted by atomic mass is 10.0. The van der Waals surface area contributed by atoms with Crippen LogP contribution >= 0.6 is 0 Å². The Morgan fingerprint density at radius 1 is 1.29 bits per heavy atom. The largest absolute Gasteiger partial charge is 0.376 e. The smallest absolute Gasteiger partial charge is 0.254 e. The van der Waals surface area contributed by atoms with E-state index in [4.69, 9.17) is 4.74 Å². The maximum atomic E-state index is 5.73. The fraction of sp³-hybridized carbons (Fsp3) is 0.389. The van der Waals surface area contributed by atoms with Crippen molar-refractivity contribution in [1.82, 2.24) is 19.6 Å². The summed E-state index contributed by atoms with van der Waals surface area (Å²) in [7, 11) is 0. The van der Waals surface area contributed by atoms with Gasteiger partial charge in [0.25, 0.3) is 5.78 Å². The number of fused-ring (bicyclic) bond motifs is 1. The molecule has 1 fully saturated rings. The van der Waals surface area contributed by atoms with Crippen molar-refractivity contribution in [2.75, 3.05) is 18.5 Å². The zero-order valence-corrected chi connectivity index (χ0v) is 13.8. The number of nitrogens with one attached hydrogen (secondary N) is 1. The van der Waals surface area contributed by atoms with Gasteiger partial charge in [-0.15, -0.1) is 0 Å². The molecular weight excluding hydrogens is 302 g/mol. The molecule has 1 N–H and O–H groups in total. The van der Waals surface area contributed by atoms with Gasteiger partial charge >= 0.3 is 0 Å². The second-order valence-electron chi connectivity index (χ2n) is 6.17. The standard InChI is InChI=1S/C18H21N5O/c1-13-16(10-14-6-3-2-4-7-14)17(19-11-15-8-5-9-24-15)23-18(22-13)20-12-21-23/h2-4,6-7,12,15,19H,5,8-11H2,1H3/t15-/m1/s1. The van der Waals surface area contributed by atoms with Gasteiger partial charge in [-0.2, -0.15) is 14.6 Å². The summed E-state index contributed by atoms with van der Waals surface area (Å²) in [4.78, 5) is 8.83. The Labute approximate surface area is 140 Å². The van der Waals surface area contributed by atoms with E-state index in [0.29, 0.717) is 5.78 Å². The molecule has 0 spiro atoms. The number of aryl methyl sites for hydroxylation is 1. The molecule has 124 valence electrons. The van der Waals surface area contributed by atoms with Crippen molar-refractivity contribution >= 4 is 11.6 Å². The van der Waals surface area contributed by atoms with Gasteiger partial charge in [0.2, 0.25) is 0 Å². The first-order valence-electron chi connectivity index (χ1n) is 8.40. The third-order valence-corrected chi connectivity index (χ3v) is 4.48. The van der Waals surface area contributed by atoms with E-state index < -0.39 is 0 Å². The number of aromatic nitrogens is 4. The topological polar surface area (TPSA) is 64.3 Å². The molecule has 2 aromatic heterocycles. The summed E-state index contributed by atoms with van der Waals surface area (Å²) < 4.78 is 7.53. The molecule has 3 heterocycles. The minimum Gasteiger partial charge on any atom is -0.376 e. The zero-order valence-electron chi connectivity index (χ0n) is 13.8. The normalized spacial score (nSPS) is 17.5. The maximum Gasteiger partial charge on any atom is 0.254 e. The molecule has 0 saturated carbocycles. The van der Waals surface area contributed by atoms with Crippen molar-refractivity contribution in [2.45, 2.75) is 32.3 Å². The van der Waals surface area contributed by atoms with Crippen LogP contribution in [0.2, 0.25) is 0 Å². The average Bonchev–Trinajstić information content (AvgIpc) is 3.27. The molecule has 0 amide bonds. The van der Waals surface area contributed by atoms with Crippen LogP contribution in [0.25, 0.3) is 5.78 Å². The third-order valence-electron chi connectivity index (χ3n) is 4.48. The van der Waals surface area contributed by atoms with Crippen molar-refractivity contribution in [3.8, 4) is 0 Å². The lowest BCUT2D eigenvalue weighted by Crippen LogP contribution is -2.21. The third kappa shape index (κ3) is 2.97. The lowest BCUT2D eigenvalue weighted by molar-refractivity contribution is 0.120. The number of hydrogen-bond donors (Lipinski definition) is 1. The summed E-state index contributed by atoms with van der Waals surface area (Å²) in [5, 5.41) is 7.89. The number of benzene rings is 1. The molecule has 1 saturated heterocycles. The summed E-state index contributed by atoms with van der Waals surface area (Å²) in [6.45, 7) is 3.67. The van der Waals surface area contributed by atoms with Gasteiger partial charge in [0.05, 0.1) is 6.10 Å². The van der Waals surface area contributed by atoms with Crippen LogP contribution in [0.1, 0.15) is 29.7 Å². The van der Waals surface area contributed by atoms with E-state index in [1.807, 2.05) is 13.0 Å². The summed E-state index contributed by atoms with van der Waals surface area (Å²) in [5.41, 5.74) is 3.38. The summed E-state index contributed by atoms with van der Waals surface area (Å²) in [6.07, 6.45) is 4.86. The minimum atomic E-state index is 0.265. The van der Waals surface area contributed by atoms with Gasteiger partial charge in [-0.1, -0.05) is 30.3 Å². The van der Waals surface area contributed by atoms with Crippen LogP contribution in [0.15, 0.2) is 36.7 Å². The molecule has 1 atom stereocenters. The molecule has 0 radical (unpaired) electrons. The van der Waals surface area contributed by atoms with Crippen molar-refractivity contribution < 1.29 is 4.74 Å². The lowest BCUT2D eigenvalue weighted by Gasteiger charge is -2.17. The van der Waals surface area contributed by atoms with E-state index >= 15 is 0 Å². The second-order valence-corrected chi connectivity index (χ2v) is 6.17. The Kier molecular flexibility index (Phi) is 4.13. The van der Waals surface area contributed by atoms with E-state index in [9.17, 15) is 0 Å². The van der Waals surface area contributed by atoms with Crippen LogP contribution in [0.4, 0.5) is 5.82 Å². The average molecular weight is 323 g/mol. The molecule has 24 heavy (non-hydrogen) atoms. The molecule has 1 aliphatic rings. The number of hydrogen-bond acceptors (Lipinski definition) is 5. The molecule has 6 heteroatoms. The number of rotatable bonds is 5. The van der Waals surface area contributed by atoms with Crippen LogP contribution in [-0.4, -0.2) is 38.8 Å². The number of anilines is 1. The first kappa shape index (κ1) is 15.1. The van der Waals surface area contributed by atoms with Gasteiger partial charge in [0, 0.05) is 30.8 Å². The maximum absolute atomic E-state index is 5.73. The van der Waals surface area contributed by atoms with E-state index in [-0.39, 0.29) is 6.10 Å². The molecule has 1 aliphatic heterocycles. The van der Waals surface area contributed by atoms with E-state index in [0.717, 1.165) is 49.5 Å². The van der Waals surface area contributed by atoms with Crippen molar-refractivity contribution in [3.63, 3.8) is 0 Å². The van der Waals surface area contributed by atoms with Crippen LogP contribution in [-0.2, 0) is 11.2 Å². The van der Waals surface area contributed by atoms with Gasteiger partial charge < -0.3 is 10.1 Å². The highest BCUT2D eigenvalue weighted by atomic mass is 16.5. The Morgan fingerprint density at radius 2 is 2.17 bits per heavy atom. The van der Waals surface area contributed by atoms with Crippen LogP contribution < -0.4 is 5.32 Å². The molecule has 4 rings (SSSR count). The number of nitrogens with zero attached hydrogens (tertiary/aromatic N) is 4. The summed E-state index contributed by atoms with van der Waals surface area (Å²) >= 11 is 0. The van der Waals surface area contributed by atoms with Gasteiger partial charge in [-0.05, 0) is 25.3 Å². The molecule has 0 bridgehead atoms. The SMILES string of the molecule is Cc1nc2ncnn2c(NC[C@H]2CCCO2)c1Cc1ccccc1. The Bertz CT molecular complexity index is 824. The van der Waals surface area contributed by atoms with Crippen LogP contribution in [0.3, 0.4) is 0 Å². The summed E-state index contributed by atoms with van der Waals surface area (Å²) in [6, 6.07) is 10.4. The Morgan fingerprint density at radius 3 is 2.96 bits per heavy atom. The molecule has 0 unspecified atom stereocenters. The second kappa shape index (κ2) is 6.57. The molecule has 6 nitrogen and oxygen atoms in total. The van der Waals surface area contributed by atoms with Gasteiger partial charge in [0.1, 0.15) is 12.1 Å². The van der Waals surface area contributed by atoms with Crippen molar-refractivity contribution in [1.29, 1.82) is 0 Å². The molecular formula is C18H21N5O. The monoisotopic (exact) mass is 323 g/mol. The van der Waals surface area contributed by atoms with Crippen LogP contribution in [0.5, 0.6) is 0 Å². The predicted octanol–water partition coefficient (Wildman–Crippen LogP) is 2.61. The van der Waals surface area contributed by atoms with Crippen molar-refractivity contribution in [3.05, 3.63) is 53.5 Å². The quantitative estimate of drug-likeness (QED) is 0.782. The van der Waals surface area contributed by atoms with Crippen LogP contribution in [0, 0.1) is 6.92 Å².